The molecule has 17 heavy (non-hydrogen) atoms. The van der Waals surface area contributed by atoms with Crippen LogP contribution in [0.2, 0.25) is 5.02 Å². The van der Waals surface area contributed by atoms with Crippen LogP contribution in [0.5, 0.6) is 0 Å². The Hall–Kier alpha value is -1.65. The highest BCUT2D eigenvalue weighted by molar-refractivity contribution is 7.80. The maximum Gasteiger partial charge on any atom is 0.175 e. The quantitative estimate of drug-likeness (QED) is 0.813. The Morgan fingerprint density at radius 2 is 1.76 bits per heavy atom. The Morgan fingerprint density at radius 3 is 2.47 bits per heavy atom. The van der Waals surface area contributed by atoms with E-state index in [4.69, 9.17) is 23.8 Å². The van der Waals surface area contributed by atoms with Gasteiger partial charge in [0, 0.05) is 18.1 Å². The topological polar surface area (TPSA) is 37.0 Å². The number of nitrogens with zero attached hydrogens (tertiary/aromatic N) is 1. The number of aromatic nitrogens is 1. The number of pyridine rings is 1. The summed E-state index contributed by atoms with van der Waals surface area (Å²) in [6, 6.07) is 11.1. The molecule has 2 rings (SSSR count). The molecule has 0 radical (unpaired) electrons. The molecule has 2 aromatic rings. The smallest absolute Gasteiger partial charge is 0.175 e. The minimum atomic E-state index is 0.490. The summed E-state index contributed by atoms with van der Waals surface area (Å²) >= 11 is 11.2. The molecule has 0 aliphatic rings. The third-order valence-corrected chi connectivity index (χ3v) is 2.59. The minimum absolute atomic E-state index is 0.490. The van der Waals surface area contributed by atoms with Crippen molar-refractivity contribution >= 4 is 40.3 Å². The second-order valence-corrected chi connectivity index (χ2v) is 4.11. The molecule has 0 aliphatic heterocycles. The van der Waals surface area contributed by atoms with Gasteiger partial charge in [0.15, 0.2) is 5.11 Å². The molecular weight excluding hydrogens is 254 g/mol. The van der Waals surface area contributed by atoms with E-state index in [9.17, 15) is 0 Å². The number of rotatable bonds is 2. The van der Waals surface area contributed by atoms with Crippen LogP contribution >= 0.6 is 23.8 Å². The number of para-hydroxylation sites is 1. The number of hydrogen-bond acceptors (Lipinski definition) is 2. The second kappa shape index (κ2) is 5.61. The number of thiocarbonyl (C=S) groups is 1. The van der Waals surface area contributed by atoms with E-state index in [1.165, 1.54) is 0 Å². The van der Waals surface area contributed by atoms with Crippen molar-refractivity contribution in [1.82, 2.24) is 4.98 Å². The van der Waals surface area contributed by atoms with Crippen LogP contribution < -0.4 is 10.6 Å². The summed E-state index contributed by atoms with van der Waals surface area (Å²) in [6.07, 6.45) is 3.39. The van der Waals surface area contributed by atoms with Crippen LogP contribution in [0.3, 0.4) is 0 Å². The molecule has 0 aliphatic carbocycles. The first kappa shape index (κ1) is 11.8. The molecule has 0 saturated carbocycles. The zero-order chi connectivity index (χ0) is 12.1. The standard InChI is InChI=1S/C12H10ClN3S/c13-10-3-1-2-4-11(10)16-12(17)15-9-5-7-14-8-6-9/h1-8H,(H2,14,15,16,17). The number of benzene rings is 1. The Labute approximate surface area is 110 Å². The molecule has 0 bridgehead atoms. The van der Waals surface area contributed by atoms with E-state index < -0.39 is 0 Å². The van der Waals surface area contributed by atoms with Crippen molar-refractivity contribution in [2.24, 2.45) is 0 Å². The van der Waals surface area contributed by atoms with E-state index in [1.54, 1.807) is 18.5 Å². The first-order valence-electron chi connectivity index (χ1n) is 4.98. The average Bonchev–Trinajstić information content (AvgIpc) is 2.33. The van der Waals surface area contributed by atoms with E-state index in [1.807, 2.05) is 30.3 Å². The number of anilines is 2. The largest absolute Gasteiger partial charge is 0.332 e. The van der Waals surface area contributed by atoms with Crippen molar-refractivity contribution in [1.29, 1.82) is 0 Å². The molecular formula is C12H10ClN3S. The van der Waals surface area contributed by atoms with Gasteiger partial charge >= 0.3 is 0 Å². The van der Waals surface area contributed by atoms with Gasteiger partial charge < -0.3 is 10.6 Å². The first-order chi connectivity index (χ1) is 8.25. The van der Waals surface area contributed by atoms with Crippen LogP contribution in [0.25, 0.3) is 0 Å². The van der Waals surface area contributed by atoms with Crippen molar-refractivity contribution in [3.63, 3.8) is 0 Å². The maximum absolute atomic E-state index is 6.01. The van der Waals surface area contributed by atoms with Crippen LogP contribution in [0, 0.1) is 0 Å². The molecule has 3 nitrogen and oxygen atoms in total. The van der Waals surface area contributed by atoms with Gasteiger partial charge in [-0.15, -0.1) is 0 Å². The summed E-state index contributed by atoms with van der Waals surface area (Å²) in [6.45, 7) is 0. The molecule has 0 amide bonds. The van der Waals surface area contributed by atoms with Gasteiger partial charge in [0.05, 0.1) is 10.7 Å². The van der Waals surface area contributed by atoms with E-state index in [0.717, 1.165) is 11.4 Å². The predicted molar refractivity (Wildman–Crippen MR) is 75.5 cm³/mol. The first-order valence-corrected chi connectivity index (χ1v) is 5.77. The van der Waals surface area contributed by atoms with Crippen LogP contribution in [-0.4, -0.2) is 10.1 Å². The lowest BCUT2D eigenvalue weighted by Gasteiger charge is -2.11. The molecule has 0 fully saturated rings. The number of hydrogen-bond donors (Lipinski definition) is 2. The summed E-state index contributed by atoms with van der Waals surface area (Å²) in [5.41, 5.74) is 1.66. The van der Waals surface area contributed by atoms with E-state index in [0.29, 0.717) is 10.1 Å². The highest BCUT2D eigenvalue weighted by atomic mass is 35.5. The summed E-state index contributed by atoms with van der Waals surface area (Å²) in [5.74, 6) is 0. The average molecular weight is 264 g/mol. The van der Waals surface area contributed by atoms with Crippen molar-refractivity contribution in [3.8, 4) is 0 Å². The Balaban J connectivity index is 2.01. The second-order valence-electron chi connectivity index (χ2n) is 3.29. The molecule has 0 saturated heterocycles. The fourth-order valence-electron chi connectivity index (χ4n) is 1.28. The lowest BCUT2D eigenvalue weighted by atomic mass is 10.3. The van der Waals surface area contributed by atoms with Crippen molar-refractivity contribution in [2.75, 3.05) is 10.6 Å². The van der Waals surface area contributed by atoms with Crippen LogP contribution in [0.4, 0.5) is 11.4 Å². The third kappa shape index (κ3) is 3.41. The molecule has 1 heterocycles. The molecule has 0 spiro atoms. The summed E-state index contributed by atoms with van der Waals surface area (Å²) < 4.78 is 0. The molecule has 86 valence electrons. The van der Waals surface area contributed by atoms with Gasteiger partial charge in [-0.1, -0.05) is 23.7 Å². The zero-order valence-corrected chi connectivity index (χ0v) is 10.4. The molecule has 5 heteroatoms. The summed E-state index contributed by atoms with van der Waals surface area (Å²) in [4.78, 5) is 3.93. The van der Waals surface area contributed by atoms with Crippen molar-refractivity contribution < 1.29 is 0 Å². The van der Waals surface area contributed by atoms with Crippen molar-refractivity contribution in [2.45, 2.75) is 0 Å². The van der Waals surface area contributed by atoms with Crippen LogP contribution in [0.1, 0.15) is 0 Å². The van der Waals surface area contributed by atoms with Gasteiger partial charge in [-0.2, -0.15) is 0 Å². The van der Waals surface area contributed by atoms with E-state index in [2.05, 4.69) is 15.6 Å². The van der Waals surface area contributed by atoms with E-state index >= 15 is 0 Å². The molecule has 0 unspecified atom stereocenters. The minimum Gasteiger partial charge on any atom is -0.332 e. The van der Waals surface area contributed by atoms with Crippen LogP contribution in [0.15, 0.2) is 48.8 Å². The lowest BCUT2D eigenvalue weighted by Crippen LogP contribution is -2.19. The van der Waals surface area contributed by atoms with Gasteiger partial charge in [-0.05, 0) is 36.5 Å². The van der Waals surface area contributed by atoms with Gasteiger partial charge in [0.2, 0.25) is 0 Å². The van der Waals surface area contributed by atoms with E-state index in [-0.39, 0.29) is 0 Å². The van der Waals surface area contributed by atoms with Crippen LogP contribution in [-0.2, 0) is 0 Å². The normalized spacial score (nSPS) is 9.71. The fourth-order valence-corrected chi connectivity index (χ4v) is 1.69. The molecule has 0 atom stereocenters. The maximum atomic E-state index is 6.01. The van der Waals surface area contributed by atoms with Crippen molar-refractivity contribution in [3.05, 3.63) is 53.8 Å². The van der Waals surface area contributed by atoms with Gasteiger partial charge in [-0.25, -0.2) is 0 Å². The molecule has 1 aromatic carbocycles. The number of halogens is 1. The Morgan fingerprint density at radius 1 is 1.06 bits per heavy atom. The lowest BCUT2D eigenvalue weighted by molar-refractivity contribution is 1.33. The highest BCUT2D eigenvalue weighted by Crippen LogP contribution is 2.20. The van der Waals surface area contributed by atoms with Gasteiger partial charge in [-0.3, -0.25) is 4.98 Å². The third-order valence-electron chi connectivity index (χ3n) is 2.06. The molecule has 2 N–H and O–H groups in total. The SMILES string of the molecule is S=C(Nc1ccncc1)Nc1ccccc1Cl. The fraction of sp³-hybridized carbons (Fsp3) is 0. The number of nitrogens with one attached hydrogen (secondary N) is 2. The monoisotopic (exact) mass is 263 g/mol. The summed E-state index contributed by atoms with van der Waals surface area (Å²) in [5, 5.41) is 7.19. The molecule has 1 aromatic heterocycles. The summed E-state index contributed by atoms with van der Waals surface area (Å²) in [7, 11) is 0. The Kier molecular flexibility index (Phi) is 3.90. The highest BCUT2D eigenvalue weighted by Gasteiger charge is 2.01. The predicted octanol–water partition coefficient (Wildman–Crippen LogP) is 3.54. The van der Waals surface area contributed by atoms with Gasteiger partial charge in [0.25, 0.3) is 0 Å². The zero-order valence-electron chi connectivity index (χ0n) is 8.85. The Bertz CT molecular complexity index is 516. The van der Waals surface area contributed by atoms with Gasteiger partial charge in [0.1, 0.15) is 0 Å².